The van der Waals surface area contributed by atoms with Gasteiger partial charge in [0.2, 0.25) is 5.71 Å². The third kappa shape index (κ3) is 4.52. The summed E-state index contributed by atoms with van der Waals surface area (Å²) in [6, 6.07) is 4.96. The summed E-state index contributed by atoms with van der Waals surface area (Å²) in [5.41, 5.74) is 0.884. The van der Waals surface area contributed by atoms with E-state index in [1.54, 1.807) is 0 Å². The first-order chi connectivity index (χ1) is 8.85. The van der Waals surface area contributed by atoms with Crippen LogP contribution in [-0.4, -0.2) is 12.1 Å². The molecule has 0 fully saturated rings. The van der Waals surface area contributed by atoms with Crippen molar-refractivity contribution >= 4 is 11.4 Å². The SMILES string of the molecule is N#CC(C#N)=NNc1cc(OC(F)(F)F)ccc1F. The summed E-state index contributed by atoms with van der Waals surface area (Å²) in [6.07, 6.45) is -4.91. The van der Waals surface area contributed by atoms with Gasteiger partial charge in [0.25, 0.3) is 0 Å². The molecular weight excluding hydrogens is 268 g/mol. The van der Waals surface area contributed by atoms with Gasteiger partial charge >= 0.3 is 6.36 Å². The van der Waals surface area contributed by atoms with Gasteiger partial charge in [0.1, 0.15) is 23.7 Å². The molecule has 0 radical (unpaired) electrons. The molecule has 0 atom stereocenters. The number of alkyl halides is 3. The van der Waals surface area contributed by atoms with E-state index in [4.69, 9.17) is 10.5 Å². The fraction of sp³-hybridized carbons (Fsp3) is 0.100. The quantitative estimate of drug-likeness (QED) is 0.520. The third-order valence-corrected chi connectivity index (χ3v) is 1.67. The number of rotatable bonds is 3. The Bertz CT molecular complexity index is 567. The highest BCUT2D eigenvalue weighted by Crippen LogP contribution is 2.26. The van der Waals surface area contributed by atoms with Crippen LogP contribution in [0.25, 0.3) is 0 Å². The number of hydrazone groups is 1. The molecule has 0 bridgehead atoms. The van der Waals surface area contributed by atoms with E-state index in [1.165, 1.54) is 12.1 Å². The van der Waals surface area contributed by atoms with Crippen LogP contribution in [0.5, 0.6) is 5.75 Å². The van der Waals surface area contributed by atoms with Crippen molar-refractivity contribution in [2.45, 2.75) is 6.36 Å². The minimum Gasteiger partial charge on any atom is -0.406 e. The lowest BCUT2D eigenvalue weighted by Crippen LogP contribution is -2.17. The number of hydrogen-bond donors (Lipinski definition) is 1. The van der Waals surface area contributed by atoms with E-state index in [-0.39, 0.29) is 0 Å². The highest BCUT2D eigenvalue weighted by Gasteiger charge is 2.31. The number of halogens is 4. The van der Waals surface area contributed by atoms with Crippen molar-refractivity contribution < 1.29 is 22.3 Å². The van der Waals surface area contributed by atoms with Crippen LogP contribution in [0.15, 0.2) is 23.3 Å². The van der Waals surface area contributed by atoms with E-state index in [1.807, 2.05) is 5.43 Å². The van der Waals surface area contributed by atoms with Crippen LogP contribution in [0, 0.1) is 28.5 Å². The molecule has 5 nitrogen and oxygen atoms in total. The lowest BCUT2D eigenvalue weighted by molar-refractivity contribution is -0.274. The topological polar surface area (TPSA) is 81.2 Å². The summed E-state index contributed by atoms with van der Waals surface area (Å²) in [5.74, 6) is -1.59. The number of nitrogens with zero attached hydrogens (tertiary/aromatic N) is 3. The Morgan fingerprint density at radius 3 is 2.42 bits per heavy atom. The van der Waals surface area contributed by atoms with Crippen LogP contribution in [-0.2, 0) is 0 Å². The summed E-state index contributed by atoms with van der Waals surface area (Å²) in [6.45, 7) is 0. The molecule has 98 valence electrons. The Hall–Kier alpha value is -2.81. The Morgan fingerprint density at radius 2 is 1.89 bits per heavy atom. The highest BCUT2D eigenvalue weighted by atomic mass is 19.4. The van der Waals surface area contributed by atoms with E-state index in [0.29, 0.717) is 6.07 Å². The van der Waals surface area contributed by atoms with E-state index >= 15 is 0 Å². The van der Waals surface area contributed by atoms with Gasteiger partial charge in [-0.2, -0.15) is 15.6 Å². The average Bonchev–Trinajstić information content (AvgIpc) is 2.32. The molecule has 0 aliphatic carbocycles. The molecule has 0 heterocycles. The van der Waals surface area contributed by atoms with Crippen LogP contribution in [0.4, 0.5) is 23.2 Å². The minimum absolute atomic E-state index is 0.468. The lowest BCUT2D eigenvalue weighted by Gasteiger charge is -2.10. The van der Waals surface area contributed by atoms with Crippen molar-refractivity contribution in [2.24, 2.45) is 5.10 Å². The Morgan fingerprint density at radius 1 is 1.26 bits per heavy atom. The van der Waals surface area contributed by atoms with Crippen molar-refractivity contribution in [3.8, 4) is 17.9 Å². The zero-order valence-electron chi connectivity index (χ0n) is 8.99. The second-order valence-corrected chi connectivity index (χ2v) is 2.99. The molecule has 0 spiro atoms. The normalized spacial score (nSPS) is 10.0. The molecule has 0 amide bonds. The standard InChI is InChI=1S/C10H4F4N4O/c11-8-2-1-7(19-10(12,13)14)3-9(8)18-17-6(4-15)5-16/h1-3,18H. The van der Waals surface area contributed by atoms with Crippen LogP contribution in [0.2, 0.25) is 0 Å². The molecule has 0 saturated carbocycles. The molecule has 1 aromatic rings. The van der Waals surface area contributed by atoms with Gasteiger partial charge in [-0.15, -0.1) is 13.2 Å². The van der Waals surface area contributed by atoms with Gasteiger partial charge in [-0.25, -0.2) is 4.39 Å². The maximum atomic E-state index is 13.2. The largest absolute Gasteiger partial charge is 0.573 e. The predicted molar refractivity (Wildman–Crippen MR) is 55.4 cm³/mol. The summed E-state index contributed by atoms with van der Waals surface area (Å²) in [7, 11) is 0. The molecule has 1 N–H and O–H groups in total. The summed E-state index contributed by atoms with van der Waals surface area (Å²) in [5, 5.41) is 19.9. The van der Waals surface area contributed by atoms with Gasteiger partial charge in [0, 0.05) is 6.07 Å². The van der Waals surface area contributed by atoms with Crippen LogP contribution in [0.1, 0.15) is 0 Å². The number of nitrogens with one attached hydrogen (secondary N) is 1. The monoisotopic (exact) mass is 272 g/mol. The van der Waals surface area contributed by atoms with Gasteiger partial charge in [-0.3, -0.25) is 5.43 Å². The lowest BCUT2D eigenvalue weighted by atomic mass is 10.3. The van der Waals surface area contributed by atoms with E-state index < -0.39 is 29.3 Å². The number of benzene rings is 1. The van der Waals surface area contributed by atoms with E-state index in [0.717, 1.165) is 12.1 Å². The van der Waals surface area contributed by atoms with Gasteiger partial charge in [-0.05, 0) is 12.1 Å². The summed E-state index contributed by atoms with van der Waals surface area (Å²) in [4.78, 5) is 0. The molecular formula is C10H4F4N4O. The van der Waals surface area contributed by atoms with Gasteiger partial charge in [0.05, 0.1) is 5.69 Å². The number of nitriles is 2. The molecule has 0 aromatic heterocycles. The molecule has 1 rings (SSSR count). The second kappa shape index (κ2) is 5.69. The highest BCUT2D eigenvalue weighted by molar-refractivity contribution is 6.10. The third-order valence-electron chi connectivity index (χ3n) is 1.67. The van der Waals surface area contributed by atoms with Gasteiger partial charge in [0.15, 0.2) is 0 Å². The van der Waals surface area contributed by atoms with Crippen molar-refractivity contribution in [3.63, 3.8) is 0 Å². The molecule has 1 aromatic carbocycles. The van der Waals surface area contributed by atoms with Crippen molar-refractivity contribution in [2.75, 3.05) is 5.43 Å². The average molecular weight is 272 g/mol. The summed E-state index contributed by atoms with van der Waals surface area (Å²) >= 11 is 0. The van der Waals surface area contributed by atoms with Crippen LogP contribution < -0.4 is 10.2 Å². The minimum atomic E-state index is -4.91. The summed E-state index contributed by atoms with van der Waals surface area (Å²) < 4.78 is 52.6. The molecule has 0 aliphatic rings. The molecule has 0 aliphatic heterocycles. The van der Waals surface area contributed by atoms with Crippen molar-refractivity contribution in [3.05, 3.63) is 24.0 Å². The molecule has 9 heteroatoms. The first-order valence-corrected chi connectivity index (χ1v) is 4.55. The second-order valence-electron chi connectivity index (χ2n) is 2.99. The Labute approximate surface area is 104 Å². The van der Waals surface area contributed by atoms with Gasteiger partial charge < -0.3 is 4.74 Å². The van der Waals surface area contributed by atoms with Gasteiger partial charge in [-0.1, -0.05) is 0 Å². The number of hydrogen-bond acceptors (Lipinski definition) is 5. The number of ether oxygens (including phenoxy) is 1. The number of anilines is 1. The molecule has 19 heavy (non-hydrogen) atoms. The Kier molecular flexibility index (Phi) is 4.27. The van der Waals surface area contributed by atoms with Crippen LogP contribution >= 0.6 is 0 Å². The molecule has 0 saturated heterocycles. The van der Waals surface area contributed by atoms with Crippen molar-refractivity contribution in [1.82, 2.24) is 0 Å². The maximum Gasteiger partial charge on any atom is 0.573 e. The van der Waals surface area contributed by atoms with E-state index in [2.05, 4.69) is 9.84 Å². The van der Waals surface area contributed by atoms with E-state index in [9.17, 15) is 17.6 Å². The molecule has 0 unspecified atom stereocenters. The predicted octanol–water partition coefficient (Wildman–Crippen LogP) is 2.54. The fourth-order valence-electron chi connectivity index (χ4n) is 0.978. The first kappa shape index (κ1) is 14.3. The first-order valence-electron chi connectivity index (χ1n) is 4.55. The Balaban J connectivity index is 2.96. The smallest absolute Gasteiger partial charge is 0.406 e. The zero-order valence-corrected chi connectivity index (χ0v) is 8.99. The van der Waals surface area contributed by atoms with Crippen LogP contribution in [0.3, 0.4) is 0 Å². The zero-order chi connectivity index (χ0) is 14.5. The fourth-order valence-corrected chi connectivity index (χ4v) is 0.978. The van der Waals surface area contributed by atoms with Crippen molar-refractivity contribution in [1.29, 1.82) is 10.5 Å². The maximum absolute atomic E-state index is 13.2.